The first-order valence-electron chi connectivity index (χ1n) is 7.85. The summed E-state index contributed by atoms with van der Waals surface area (Å²) in [6.07, 6.45) is 1.15. The first kappa shape index (κ1) is 15.8. The Morgan fingerprint density at radius 1 is 1.43 bits per heavy atom. The third-order valence-electron chi connectivity index (χ3n) is 4.23. The highest BCUT2D eigenvalue weighted by molar-refractivity contribution is 5.79. The number of Topliss-reactive ketones (excluding diaryl/α,β-unsaturated/α-hetero) is 1. The SMILES string of the molecule is CCCC(=O)C[C@@H]1CCc2cc(-c3noc(C(F)F)n3)ccc21. The summed E-state index contributed by atoms with van der Waals surface area (Å²) in [7, 11) is 0. The third-order valence-corrected chi connectivity index (χ3v) is 4.23. The Kier molecular flexibility index (Phi) is 4.50. The monoisotopic (exact) mass is 320 g/mol. The molecule has 0 saturated carbocycles. The van der Waals surface area contributed by atoms with Crippen molar-refractivity contribution in [2.24, 2.45) is 0 Å². The van der Waals surface area contributed by atoms with E-state index in [4.69, 9.17) is 0 Å². The molecule has 2 aromatic rings. The molecular weight excluding hydrogens is 302 g/mol. The van der Waals surface area contributed by atoms with Crippen LogP contribution < -0.4 is 0 Å². The molecule has 0 saturated heterocycles. The van der Waals surface area contributed by atoms with Crippen LogP contribution in [0.25, 0.3) is 11.4 Å². The molecule has 0 amide bonds. The van der Waals surface area contributed by atoms with Crippen molar-refractivity contribution in [3.8, 4) is 11.4 Å². The fraction of sp³-hybridized carbons (Fsp3) is 0.471. The Labute approximate surface area is 132 Å². The van der Waals surface area contributed by atoms with Gasteiger partial charge in [-0.05, 0) is 42.4 Å². The molecule has 1 heterocycles. The fourth-order valence-corrected chi connectivity index (χ4v) is 3.15. The summed E-state index contributed by atoms with van der Waals surface area (Å²) in [5.74, 6) is 0.0753. The molecule has 122 valence electrons. The number of aryl methyl sites for hydroxylation is 1. The predicted octanol–water partition coefficient (Wildman–Crippen LogP) is 4.46. The minimum atomic E-state index is -2.76. The number of benzene rings is 1. The molecule has 6 heteroatoms. The second-order valence-corrected chi connectivity index (χ2v) is 5.90. The van der Waals surface area contributed by atoms with Crippen molar-refractivity contribution in [2.75, 3.05) is 0 Å². The lowest BCUT2D eigenvalue weighted by molar-refractivity contribution is -0.119. The van der Waals surface area contributed by atoms with Gasteiger partial charge in [0, 0.05) is 18.4 Å². The highest BCUT2D eigenvalue weighted by Crippen LogP contribution is 2.37. The summed E-state index contributed by atoms with van der Waals surface area (Å²) in [6.45, 7) is 2.01. The lowest BCUT2D eigenvalue weighted by Crippen LogP contribution is -2.04. The number of carbonyl (C=O) groups is 1. The lowest BCUT2D eigenvalue weighted by atomic mass is 9.93. The maximum atomic E-state index is 12.5. The fourth-order valence-electron chi connectivity index (χ4n) is 3.15. The van der Waals surface area contributed by atoms with E-state index in [-0.39, 0.29) is 11.7 Å². The minimum Gasteiger partial charge on any atom is -0.333 e. The molecule has 0 unspecified atom stereocenters. The van der Waals surface area contributed by atoms with Gasteiger partial charge in [-0.1, -0.05) is 24.2 Å². The normalized spacial score (nSPS) is 16.8. The first-order valence-corrected chi connectivity index (χ1v) is 7.85. The van der Waals surface area contributed by atoms with Gasteiger partial charge in [0.15, 0.2) is 0 Å². The molecule has 3 rings (SSSR count). The average molecular weight is 320 g/mol. The largest absolute Gasteiger partial charge is 0.333 e. The van der Waals surface area contributed by atoms with Gasteiger partial charge in [-0.25, -0.2) is 0 Å². The highest BCUT2D eigenvalue weighted by atomic mass is 19.3. The second-order valence-electron chi connectivity index (χ2n) is 5.90. The van der Waals surface area contributed by atoms with Crippen molar-refractivity contribution >= 4 is 5.78 Å². The zero-order valence-electron chi connectivity index (χ0n) is 12.9. The molecule has 1 aromatic heterocycles. The number of aromatic nitrogens is 2. The van der Waals surface area contributed by atoms with Gasteiger partial charge in [0.2, 0.25) is 5.82 Å². The van der Waals surface area contributed by atoms with E-state index in [1.54, 1.807) is 0 Å². The van der Waals surface area contributed by atoms with Gasteiger partial charge < -0.3 is 4.52 Å². The molecule has 0 N–H and O–H groups in total. The number of rotatable bonds is 6. The molecular formula is C17H18F2N2O2. The molecule has 23 heavy (non-hydrogen) atoms. The Balaban J connectivity index is 1.79. The first-order chi connectivity index (χ1) is 11.1. The van der Waals surface area contributed by atoms with Gasteiger partial charge in [0.25, 0.3) is 5.89 Å². The van der Waals surface area contributed by atoms with Crippen LogP contribution in [0.1, 0.15) is 62.0 Å². The van der Waals surface area contributed by atoms with Crippen LogP contribution in [0.4, 0.5) is 8.78 Å². The predicted molar refractivity (Wildman–Crippen MR) is 80.3 cm³/mol. The molecule has 4 nitrogen and oxygen atoms in total. The number of alkyl halides is 2. The zero-order valence-corrected chi connectivity index (χ0v) is 12.9. The summed E-state index contributed by atoms with van der Waals surface area (Å²) >= 11 is 0. The van der Waals surface area contributed by atoms with Crippen LogP contribution in [-0.2, 0) is 11.2 Å². The summed E-state index contributed by atoms with van der Waals surface area (Å²) in [6, 6.07) is 5.68. The van der Waals surface area contributed by atoms with E-state index in [0.717, 1.165) is 24.8 Å². The van der Waals surface area contributed by atoms with E-state index >= 15 is 0 Å². The number of hydrogen-bond acceptors (Lipinski definition) is 4. The number of fused-ring (bicyclic) bond motifs is 1. The Morgan fingerprint density at radius 3 is 2.96 bits per heavy atom. The van der Waals surface area contributed by atoms with Crippen molar-refractivity contribution in [1.29, 1.82) is 0 Å². The number of nitrogens with zero attached hydrogens (tertiary/aromatic N) is 2. The van der Waals surface area contributed by atoms with Crippen molar-refractivity contribution in [1.82, 2.24) is 10.1 Å². The average Bonchev–Trinajstić information content (AvgIpc) is 3.14. The highest BCUT2D eigenvalue weighted by Gasteiger charge is 2.25. The minimum absolute atomic E-state index is 0.175. The van der Waals surface area contributed by atoms with Gasteiger partial charge in [-0.2, -0.15) is 13.8 Å². The maximum Gasteiger partial charge on any atom is 0.315 e. The molecule has 0 spiro atoms. The zero-order chi connectivity index (χ0) is 16.4. The summed E-state index contributed by atoms with van der Waals surface area (Å²) < 4.78 is 29.6. The standard InChI is InChI=1S/C17H18F2N2O2/c1-2-3-13(22)9-11-5-4-10-8-12(6-7-14(10)11)16-20-17(15(18)19)23-21-16/h6-8,11,15H,2-5,9H2,1H3/t11-/m0/s1. The van der Waals surface area contributed by atoms with Crippen molar-refractivity contribution in [2.45, 2.75) is 51.4 Å². The van der Waals surface area contributed by atoms with Crippen LogP contribution in [0.5, 0.6) is 0 Å². The van der Waals surface area contributed by atoms with Crippen molar-refractivity contribution in [3.05, 3.63) is 35.2 Å². The Bertz CT molecular complexity index is 712. The topological polar surface area (TPSA) is 56.0 Å². The molecule has 0 aliphatic heterocycles. The van der Waals surface area contributed by atoms with Crippen LogP contribution in [0, 0.1) is 0 Å². The third kappa shape index (κ3) is 3.30. The molecule has 1 aliphatic carbocycles. The van der Waals surface area contributed by atoms with Crippen LogP contribution in [0.15, 0.2) is 22.7 Å². The van der Waals surface area contributed by atoms with E-state index in [0.29, 0.717) is 24.2 Å². The van der Waals surface area contributed by atoms with E-state index in [9.17, 15) is 13.6 Å². The lowest BCUT2D eigenvalue weighted by Gasteiger charge is -2.10. The smallest absolute Gasteiger partial charge is 0.315 e. The molecule has 1 atom stereocenters. The maximum absolute atomic E-state index is 12.5. The molecule has 0 radical (unpaired) electrons. The Hall–Kier alpha value is -2.11. The van der Waals surface area contributed by atoms with E-state index in [1.165, 1.54) is 5.56 Å². The molecule has 0 fully saturated rings. The summed E-state index contributed by atoms with van der Waals surface area (Å²) in [5.41, 5.74) is 2.98. The van der Waals surface area contributed by atoms with Crippen LogP contribution in [-0.4, -0.2) is 15.9 Å². The summed E-state index contributed by atoms with van der Waals surface area (Å²) in [5, 5.41) is 3.60. The molecule has 0 bridgehead atoms. The van der Waals surface area contributed by atoms with Gasteiger partial charge in [-0.3, -0.25) is 4.79 Å². The quantitative estimate of drug-likeness (QED) is 0.788. The van der Waals surface area contributed by atoms with Crippen LogP contribution in [0.2, 0.25) is 0 Å². The van der Waals surface area contributed by atoms with Gasteiger partial charge >= 0.3 is 6.43 Å². The molecule has 1 aromatic carbocycles. The van der Waals surface area contributed by atoms with Gasteiger partial charge in [-0.15, -0.1) is 0 Å². The Morgan fingerprint density at radius 2 is 2.26 bits per heavy atom. The number of carbonyl (C=O) groups excluding carboxylic acids is 1. The van der Waals surface area contributed by atoms with E-state index < -0.39 is 12.3 Å². The number of halogens is 2. The van der Waals surface area contributed by atoms with Crippen molar-refractivity contribution in [3.63, 3.8) is 0 Å². The number of ketones is 1. The van der Waals surface area contributed by atoms with Crippen molar-refractivity contribution < 1.29 is 18.1 Å². The van der Waals surface area contributed by atoms with Gasteiger partial charge in [0.1, 0.15) is 5.78 Å². The van der Waals surface area contributed by atoms with Gasteiger partial charge in [0.05, 0.1) is 0 Å². The van der Waals surface area contributed by atoms with Crippen LogP contribution in [0.3, 0.4) is 0 Å². The van der Waals surface area contributed by atoms with E-state index in [2.05, 4.69) is 14.7 Å². The van der Waals surface area contributed by atoms with Crippen LogP contribution >= 0.6 is 0 Å². The summed E-state index contributed by atoms with van der Waals surface area (Å²) in [4.78, 5) is 15.6. The molecule has 1 aliphatic rings. The number of hydrogen-bond donors (Lipinski definition) is 0. The second kappa shape index (κ2) is 6.56. The van der Waals surface area contributed by atoms with E-state index in [1.807, 2.05) is 25.1 Å².